The molecule has 1 aliphatic rings. The quantitative estimate of drug-likeness (QED) is 0.903. The molecule has 0 spiro atoms. The van der Waals surface area contributed by atoms with Crippen LogP contribution in [0.5, 0.6) is 0 Å². The first kappa shape index (κ1) is 14.3. The highest BCUT2D eigenvalue weighted by Crippen LogP contribution is 2.38. The Hall–Kier alpha value is -1.10. The number of aromatic nitrogens is 1. The second kappa shape index (κ2) is 4.47. The summed E-state index contributed by atoms with van der Waals surface area (Å²) in [6.07, 6.45) is 1.12. The number of nitrogens with zero attached hydrogens (tertiary/aromatic N) is 2. The summed E-state index contributed by atoms with van der Waals surface area (Å²) in [6.45, 7) is 12.4. The van der Waals surface area contributed by atoms with Gasteiger partial charge in [-0.3, -0.25) is 0 Å². The average molecular weight is 282 g/mol. The lowest BCUT2D eigenvalue weighted by atomic mass is 9.91. The maximum Gasteiger partial charge on any atom is 0.347 e. The fraction of sp³-hybridized carbons (Fsp3) is 0.714. The molecular formula is C14H22N2O2S. The summed E-state index contributed by atoms with van der Waals surface area (Å²) in [5.74, 6) is -0.868. The Balaban J connectivity index is 2.37. The molecule has 0 saturated carbocycles. The number of aromatic carboxylic acids is 1. The summed E-state index contributed by atoms with van der Waals surface area (Å²) in [4.78, 5) is 18.6. The van der Waals surface area contributed by atoms with Crippen molar-refractivity contribution in [3.8, 4) is 0 Å². The third kappa shape index (κ3) is 2.91. The van der Waals surface area contributed by atoms with E-state index in [2.05, 4.69) is 23.7 Å². The summed E-state index contributed by atoms with van der Waals surface area (Å²) >= 11 is 1.31. The van der Waals surface area contributed by atoms with Crippen molar-refractivity contribution < 1.29 is 9.90 Å². The van der Waals surface area contributed by atoms with Crippen LogP contribution in [0.25, 0.3) is 0 Å². The molecular weight excluding hydrogens is 260 g/mol. The lowest BCUT2D eigenvalue weighted by Gasteiger charge is -2.19. The van der Waals surface area contributed by atoms with Crippen LogP contribution in [-0.2, 0) is 5.41 Å². The number of hydrogen-bond donors (Lipinski definition) is 1. The number of carbonyl (C=O) groups is 1. The lowest BCUT2D eigenvalue weighted by Crippen LogP contribution is -2.23. The molecule has 5 heteroatoms. The number of thiazole rings is 1. The summed E-state index contributed by atoms with van der Waals surface area (Å²) in [7, 11) is 0. The Bertz CT molecular complexity index is 500. The molecule has 0 unspecified atom stereocenters. The Morgan fingerprint density at radius 3 is 2.42 bits per heavy atom. The molecule has 1 saturated heterocycles. The predicted molar refractivity (Wildman–Crippen MR) is 78.4 cm³/mol. The Morgan fingerprint density at radius 1 is 1.42 bits per heavy atom. The number of hydrogen-bond acceptors (Lipinski definition) is 4. The maximum atomic E-state index is 11.4. The van der Waals surface area contributed by atoms with E-state index in [1.54, 1.807) is 0 Å². The van der Waals surface area contributed by atoms with E-state index in [9.17, 15) is 9.90 Å². The second-order valence-electron chi connectivity index (χ2n) is 7.07. The first-order valence-electron chi connectivity index (χ1n) is 6.60. The normalized spacial score (nSPS) is 18.9. The first-order valence-corrected chi connectivity index (χ1v) is 7.41. The third-order valence-corrected chi connectivity index (χ3v) is 4.57. The molecule has 1 N–H and O–H groups in total. The standard InChI is InChI=1S/C14H22N2O2S/c1-13(2,3)10-9(11(17)18)19-12(15-10)16-7-6-14(4,5)8-16/h6-8H2,1-5H3,(H,17,18). The summed E-state index contributed by atoms with van der Waals surface area (Å²) in [5.41, 5.74) is 0.749. The van der Waals surface area contributed by atoms with Gasteiger partial charge in [0.15, 0.2) is 5.13 Å². The minimum Gasteiger partial charge on any atom is -0.477 e. The van der Waals surface area contributed by atoms with Gasteiger partial charge < -0.3 is 10.0 Å². The van der Waals surface area contributed by atoms with Crippen LogP contribution in [0.3, 0.4) is 0 Å². The zero-order chi connectivity index (χ0) is 14.4. The molecule has 0 atom stereocenters. The highest BCUT2D eigenvalue weighted by Gasteiger charge is 2.33. The van der Waals surface area contributed by atoms with E-state index in [4.69, 9.17) is 0 Å². The second-order valence-corrected chi connectivity index (χ2v) is 8.04. The fourth-order valence-corrected chi connectivity index (χ4v) is 3.51. The van der Waals surface area contributed by atoms with Gasteiger partial charge in [-0.2, -0.15) is 0 Å². The molecule has 0 bridgehead atoms. The molecule has 0 radical (unpaired) electrons. The maximum absolute atomic E-state index is 11.4. The highest BCUT2D eigenvalue weighted by atomic mass is 32.1. The minimum absolute atomic E-state index is 0.238. The van der Waals surface area contributed by atoms with E-state index in [0.717, 1.165) is 24.6 Å². The van der Waals surface area contributed by atoms with Crippen LogP contribution in [0.4, 0.5) is 5.13 Å². The van der Waals surface area contributed by atoms with Crippen LogP contribution < -0.4 is 4.90 Å². The Labute approximate surface area is 118 Å². The van der Waals surface area contributed by atoms with Gasteiger partial charge >= 0.3 is 5.97 Å². The van der Waals surface area contributed by atoms with Crippen molar-refractivity contribution in [1.82, 2.24) is 4.98 Å². The van der Waals surface area contributed by atoms with E-state index in [-0.39, 0.29) is 10.8 Å². The van der Waals surface area contributed by atoms with E-state index < -0.39 is 5.97 Å². The van der Waals surface area contributed by atoms with Gasteiger partial charge in [-0.1, -0.05) is 46.0 Å². The molecule has 1 aromatic heterocycles. The molecule has 1 aromatic rings. The summed E-state index contributed by atoms with van der Waals surface area (Å²) < 4.78 is 0. The molecule has 19 heavy (non-hydrogen) atoms. The topological polar surface area (TPSA) is 53.4 Å². The molecule has 2 rings (SSSR count). The van der Waals surface area contributed by atoms with Crippen molar-refractivity contribution in [2.45, 2.75) is 46.5 Å². The Kier molecular flexibility index (Phi) is 3.37. The zero-order valence-corrected chi connectivity index (χ0v) is 13.1. The van der Waals surface area contributed by atoms with Gasteiger partial charge in [0.05, 0.1) is 5.69 Å². The number of carboxylic acids is 1. The first-order chi connectivity index (χ1) is 8.60. The van der Waals surface area contributed by atoms with Crippen molar-refractivity contribution in [3.05, 3.63) is 10.6 Å². The minimum atomic E-state index is -0.868. The smallest absolute Gasteiger partial charge is 0.347 e. The van der Waals surface area contributed by atoms with Gasteiger partial charge in [-0.15, -0.1) is 0 Å². The molecule has 4 nitrogen and oxygen atoms in total. The van der Waals surface area contributed by atoms with Gasteiger partial charge in [0.1, 0.15) is 4.88 Å². The van der Waals surface area contributed by atoms with Crippen LogP contribution in [0.15, 0.2) is 0 Å². The molecule has 1 aliphatic heterocycles. The largest absolute Gasteiger partial charge is 0.477 e. The fourth-order valence-electron chi connectivity index (χ4n) is 2.37. The van der Waals surface area contributed by atoms with Crippen molar-refractivity contribution in [2.24, 2.45) is 5.41 Å². The summed E-state index contributed by atoms with van der Waals surface area (Å²) in [5, 5.41) is 10.2. The molecule has 1 fully saturated rings. The summed E-state index contributed by atoms with van der Waals surface area (Å²) in [6, 6.07) is 0. The average Bonchev–Trinajstić information content (AvgIpc) is 2.79. The van der Waals surface area contributed by atoms with E-state index in [1.165, 1.54) is 11.3 Å². The number of rotatable bonds is 2. The van der Waals surface area contributed by atoms with E-state index in [1.807, 2.05) is 20.8 Å². The monoisotopic (exact) mass is 282 g/mol. The van der Waals surface area contributed by atoms with E-state index in [0.29, 0.717) is 10.6 Å². The number of carboxylic acid groups (broad SMARTS) is 1. The van der Waals surface area contributed by atoms with Gasteiger partial charge in [0, 0.05) is 18.5 Å². The van der Waals surface area contributed by atoms with Crippen LogP contribution in [0.2, 0.25) is 0 Å². The number of anilines is 1. The van der Waals surface area contributed by atoms with Crippen LogP contribution in [0, 0.1) is 5.41 Å². The lowest BCUT2D eigenvalue weighted by molar-refractivity contribution is 0.0699. The molecule has 2 heterocycles. The molecule has 106 valence electrons. The molecule has 0 aliphatic carbocycles. The van der Waals surface area contributed by atoms with Crippen LogP contribution in [-0.4, -0.2) is 29.1 Å². The van der Waals surface area contributed by atoms with Gasteiger partial charge in [-0.25, -0.2) is 9.78 Å². The van der Waals surface area contributed by atoms with Crippen molar-refractivity contribution in [2.75, 3.05) is 18.0 Å². The van der Waals surface area contributed by atoms with Crippen molar-refractivity contribution in [3.63, 3.8) is 0 Å². The van der Waals surface area contributed by atoms with E-state index >= 15 is 0 Å². The third-order valence-electron chi connectivity index (χ3n) is 3.47. The zero-order valence-electron chi connectivity index (χ0n) is 12.3. The van der Waals surface area contributed by atoms with Gasteiger partial charge in [-0.05, 0) is 11.8 Å². The van der Waals surface area contributed by atoms with Crippen LogP contribution in [0.1, 0.15) is 56.4 Å². The molecule has 0 aromatic carbocycles. The van der Waals surface area contributed by atoms with Crippen molar-refractivity contribution >= 4 is 22.4 Å². The van der Waals surface area contributed by atoms with Crippen molar-refractivity contribution in [1.29, 1.82) is 0 Å². The van der Waals surface area contributed by atoms with Crippen LogP contribution >= 0.6 is 11.3 Å². The van der Waals surface area contributed by atoms with Gasteiger partial charge in [0.2, 0.25) is 0 Å². The highest BCUT2D eigenvalue weighted by molar-refractivity contribution is 7.17. The molecule has 0 amide bonds. The van der Waals surface area contributed by atoms with Gasteiger partial charge in [0.25, 0.3) is 0 Å². The Morgan fingerprint density at radius 2 is 2.05 bits per heavy atom. The predicted octanol–water partition coefficient (Wildman–Crippen LogP) is 3.38. The SMILES string of the molecule is CC1(C)CCN(c2nc(C(C)(C)C)c(C(=O)O)s2)C1.